The van der Waals surface area contributed by atoms with Gasteiger partial charge in [0, 0.05) is 38.4 Å². The minimum absolute atomic E-state index is 0.0662. The number of nitrogens with zero attached hydrogens (tertiary/aromatic N) is 2. The molecule has 1 aliphatic carbocycles. The molecule has 178 valence electrons. The van der Waals surface area contributed by atoms with E-state index in [-0.39, 0.29) is 22.5 Å². The molecule has 0 unspecified atom stereocenters. The Hall–Kier alpha value is -2.72. The number of pyridine rings is 1. The van der Waals surface area contributed by atoms with Crippen LogP contribution in [-0.2, 0) is 10.0 Å². The molecular formula is C23H30FN5O3S. The summed E-state index contributed by atoms with van der Waals surface area (Å²) in [6, 6.07) is 6.27. The Morgan fingerprint density at radius 2 is 1.73 bits per heavy atom. The average molecular weight is 476 g/mol. The smallest absolute Gasteiger partial charge is 0.262 e. The van der Waals surface area contributed by atoms with Crippen LogP contribution in [0.15, 0.2) is 41.4 Å². The molecule has 1 aromatic carbocycles. The molecule has 8 nitrogen and oxygen atoms in total. The molecule has 2 heterocycles. The zero-order valence-corrected chi connectivity index (χ0v) is 19.3. The zero-order chi connectivity index (χ0) is 23.3. The average Bonchev–Trinajstić information content (AvgIpc) is 3.08. The number of carbonyl (C=O) groups excluding carboxylic acids is 1. The molecule has 1 aliphatic heterocycles. The minimum Gasteiger partial charge on any atom is -0.352 e. The van der Waals surface area contributed by atoms with Crippen molar-refractivity contribution >= 4 is 27.4 Å². The molecular weight excluding hydrogens is 445 g/mol. The Morgan fingerprint density at radius 1 is 1.06 bits per heavy atom. The lowest BCUT2D eigenvalue weighted by molar-refractivity contribution is 0.0933. The Labute approximate surface area is 194 Å². The number of aromatic nitrogens is 1. The lowest BCUT2D eigenvalue weighted by atomic mass is 10.1. The normalized spacial score (nSPS) is 17.9. The summed E-state index contributed by atoms with van der Waals surface area (Å²) in [5, 5.41) is 6.34. The van der Waals surface area contributed by atoms with Crippen LogP contribution >= 0.6 is 0 Å². The summed E-state index contributed by atoms with van der Waals surface area (Å²) in [6.07, 6.45) is 7.94. The summed E-state index contributed by atoms with van der Waals surface area (Å²) < 4.78 is 41.8. The van der Waals surface area contributed by atoms with Crippen LogP contribution in [0.5, 0.6) is 0 Å². The van der Waals surface area contributed by atoms with Crippen molar-refractivity contribution in [2.45, 2.75) is 49.5 Å². The lowest BCUT2D eigenvalue weighted by Gasteiger charge is -2.30. The number of hydrogen-bond donors (Lipinski definition) is 3. The van der Waals surface area contributed by atoms with Gasteiger partial charge >= 0.3 is 0 Å². The van der Waals surface area contributed by atoms with Crippen LogP contribution in [0.4, 0.5) is 15.9 Å². The maximum Gasteiger partial charge on any atom is 0.262 e. The monoisotopic (exact) mass is 475 g/mol. The van der Waals surface area contributed by atoms with Gasteiger partial charge < -0.3 is 15.5 Å². The van der Waals surface area contributed by atoms with Gasteiger partial charge in [-0.15, -0.1) is 0 Å². The highest BCUT2D eigenvalue weighted by atomic mass is 32.2. The fraction of sp³-hybridized carbons (Fsp3) is 0.478. The van der Waals surface area contributed by atoms with Crippen LogP contribution in [0.3, 0.4) is 0 Å². The molecule has 4 rings (SSSR count). The van der Waals surface area contributed by atoms with Crippen molar-refractivity contribution in [2.24, 2.45) is 0 Å². The predicted molar refractivity (Wildman–Crippen MR) is 125 cm³/mol. The van der Waals surface area contributed by atoms with E-state index in [4.69, 9.17) is 0 Å². The first kappa shape index (κ1) is 23.4. The number of piperazine rings is 1. The summed E-state index contributed by atoms with van der Waals surface area (Å²) in [5.41, 5.74) is 0.532. The number of carbonyl (C=O) groups is 1. The van der Waals surface area contributed by atoms with E-state index in [0.717, 1.165) is 50.9 Å². The SMILES string of the molecule is O=C(NC1CCCCCC1)c1cnc(N2CCNCC2)c(NS(=O)(=O)c2ccc(F)cc2)c1. The van der Waals surface area contributed by atoms with E-state index >= 15 is 0 Å². The summed E-state index contributed by atoms with van der Waals surface area (Å²) >= 11 is 0. The second-order valence-electron chi connectivity index (χ2n) is 8.55. The van der Waals surface area contributed by atoms with E-state index < -0.39 is 15.8 Å². The molecule has 2 fully saturated rings. The molecule has 0 bridgehead atoms. The number of halogens is 1. The van der Waals surface area contributed by atoms with Gasteiger partial charge in [-0.2, -0.15) is 0 Å². The van der Waals surface area contributed by atoms with Gasteiger partial charge in [0.1, 0.15) is 5.82 Å². The van der Waals surface area contributed by atoms with Gasteiger partial charge in [0.05, 0.1) is 16.1 Å². The molecule has 1 saturated carbocycles. The number of benzene rings is 1. The molecule has 2 aliphatic rings. The fourth-order valence-electron chi connectivity index (χ4n) is 4.30. The van der Waals surface area contributed by atoms with Crippen LogP contribution in [0, 0.1) is 5.82 Å². The van der Waals surface area contributed by atoms with Crippen molar-refractivity contribution in [2.75, 3.05) is 35.8 Å². The van der Waals surface area contributed by atoms with E-state index in [9.17, 15) is 17.6 Å². The minimum atomic E-state index is -4.00. The summed E-state index contributed by atoms with van der Waals surface area (Å²) in [4.78, 5) is 19.3. The van der Waals surface area contributed by atoms with E-state index in [1.807, 2.05) is 4.90 Å². The Bertz CT molecular complexity index is 1060. The maximum absolute atomic E-state index is 13.3. The largest absolute Gasteiger partial charge is 0.352 e. The topological polar surface area (TPSA) is 103 Å². The molecule has 2 aromatic rings. The lowest BCUT2D eigenvalue weighted by Crippen LogP contribution is -2.44. The second-order valence-corrected chi connectivity index (χ2v) is 10.2. The van der Waals surface area contributed by atoms with E-state index in [2.05, 4.69) is 20.3 Å². The van der Waals surface area contributed by atoms with Gasteiger partial charge in [-0.1, -0.05) is 25.7 Å². The van der Waals surface area contributed by atoms with Gasteiger partial charge in [0.15, 0.2) is 5.82 Å². The highest BCUT2D eigenvalue weighted by Gasteiger charge is 2.23. The van der Waals surface area contributed by atoms with E-state index in [1.54, 1.807) is 0 Å². The molecule has 0 spiro atoms. The third-order valence-electron chi connectivity index (χ3n) is 6.10. The maximum atomic E-state index is 13.3. The van der Waals surface area contributed by atoms with Crippen LogP contribution in [0.1, 0.15) is 48.9 Å². The molecule has 1 saturated heterocycles. The van der Waals surface area contributed by atoms with E-state index in [1.165, 1.54) is 37.2 Å². The third kappa shape index (κ3) is 6.00. The Balaban J connectivity index is 1.61. The van der Waals surface area contributed by atoms with Crippen molar-refractivity contribution in [3.05, 3.63) is 47.9 Å². The second kappa shape index (κ2) is 10.5. The standard InChI is InChI=1S/C23H30FN5O3S/c24-18-7-9-20(10-8-18)33(31,32)28-21-15-17(16-26-22(21)29-13-11-25-12-14-29)23(30)27-19-5-3-1-2-4-6-19/h7-10,15-16,19,25,28H,1-6,11-14H2,(H,27,30). The first-order chi connectivity index (χ1) is 15.9. The van der Waals surface area contributed by atoms with Crippen molar-refractivity contribution in [1.82, 2.24) is 15.6 Å². The number of sulfonamides is 1. The number of nitrogens with one attached hydrogen (secondary N) is 3. The van der Waals surface area contributed by atoms with Crippen molar-refractivity contribution in [3.8, 4) is 0 Å². The predicted octanol–water partition coefficient (Wildman–Crippen LogP) is 2.88. The van der Waals surface area contributed by atoms with Gasteiger partial charge in [0.2, 0.25) is 0 Å². The number of amides is 1. The van der Waals surface area contributed by atoms with Crippen molar-refractivity contribution in [1.29, 1.82) is 0 Å². The Kier molecular flexibility index (Phi) is 7.44. The van der Waals surface area contributed by atoms with Crippen molar-refractivity contribution in [3.63, 3.8) is 0 Å². The highest BCUT2D eigenvalue weighted by molar-refractivity contribution is 7.92. The summed E-state index contributed by atoms with van der Waals surface area (Å²) in [6.45, 7) is 2.81. The molecule has 0 atom stereocenters. The van der Waals surface area contributed by atoms with Gasteiger partial charge in [-0.3, -0.25) is 9.52 Å². The van der Waals surface area contributed by atoms with Crippen LogP contribution < -0.4 is 20.3 Å². The summed E-state index contributed by atoms with van der Waals surface area (Å²) in [7, 11) is -4.00. The quantitative estimate of drug-likeness (QED) is 0.555. The number of hydrogen-bond acceptors (Lipinski definition) is 6. The fourth-order valence-corrected chi connectivity index (χ4v) is 5.35. The van der Waals surface area contributed by atoms with Gasteiger partial charge in [-0.05, 0) is 43.2 Å². The van der Waals surface area contributed by atoms with Crippen LogP contribution in [0.25, 0.3) is 0 Å². The highest BCUT2D eigenvalue weighted by Crippen LogP contribution is 2.28. The zero-order valence-electron chi connectivity index (χ0n) is 18.5. The molecule has 1 amide bonds. The number of rotatable bonds is 6. The molecule has 1 aromatic heterocycles. The first-order valence-corrected chi connectivity index (χ1v) is 13.0. The Morgan fingerprint density at radius 3 is 2.39 bits per heavy atom. The molecule has 33 heavy (non-hydrogen) atoms. The molecule has 3 N–H and O–H groups in total. The van der Waals surface area contributed by atoms with E-state index in [0.29, 0.717) is 24.5 Å². The molecule has 0 radical (unpaired) electrons. The van der Waals surface area contributed by atoms with Crippen LogP contribution in [-0.4, -0.2) is 51.5 Å². The van der Waals surface area contributed by atoms with Gasteiger partial charge in [0.25, 0.3) is 15.9 Å². The van der Waals surface area contributed by atoms with Crippen LogP contribution in [0.2, 0.25) is 0 Å². The van der Waals surface area contributed by atoms with Crippen molar-refractivity contribution < 1.29 is 17.6 Å². The van der Waals surface area contributed by atoms with Gasteiger partial charge in [-0.25, -0.2) is 17.8 Å². The third-order valence-corrected chi connectivity index (χ3v) is 7.49. The molecule has 10 heteroatoms. The first-order valence-electron chi connectivity index (χ1n) is 11.5. The summed E-state index contributed by atoms with van der Waals surface area (Å²) in [5.74, 6) is -0.314. The number of anilines is 2.